The van der Waals surface area contributed by atoms with Gasteiger partial charge in [-0.3, -0.25) is 4.79 Å². The Kier molecular flexibility index (Phi) is 3.79. The number of carbonyl (C=O) groups excluding carboxylic acids is 1. The molecule has 0 radical (unpaired) electrons. The molecule has 1 aliphatic rings. The highest BCUT2D eigenvalue weighted by molar-refractivity contribution is 7.13. The second-order valence-electron chi connectivity index (χ2n) is 4.66. The van der Waals surface area contributed by atoms with Crippen LogP contribution in [0.3, 0.4) is 0 Å². The van der Waals surface area contributed by atoms with Crippen LogP contribution in [0.1, 0.15) is 40.9 Å². The third-order valence-electron chi connectivity index (χ3n) is 3.25. The lowest BCUT2D eigenvalue weighted by Crippen LogP contribution is -2.51. The van der Waals surface area contributed by atoms with Gasteiger partial charge in [-0.15, -0.1) is 11.3 Å². The molecule has 2 N–H and O–H groups in total. The lowest BCUT2D eigenvalue weighted by Gasteiger charge is -2.37. The molecule has 1 aliphatic heterocycles. The number of hydrogen-bond donors (Lipinski definition) is 1. The molecule has 2 heterocycles. The van der Waals surface area contributed by atoms with Gasteiger partial charge in [0.2, 0.25) is 0 Å². The molecule has 1 saturated heterocycles. The summed E-state index contributed by atoms with van der Waals surface area (Å²) in [5.41, 5.74) is 5.97. The fraction of sp³-hybridized carbons (Fsp3) is 0.667. The van der Waals surface area contributed by atoms with Crippen LogP contribution in [-0.4, -0.2) is 34.4 Å². The second kappa shape index (κ2) is 5.14. The summed E-state index contributed by atoms with van der Waals surface area (Å²) in [5, 5.41) is 0.933. The first-order chi connectivity index (χ1) is 8.09. The van der Waals surface area contributed by atoms with Gasteiger partial charge in [-0.05, 0) is 33.1 Å². The van der Waals surface area contributed by atoms with Crippen LogP contribution >= 0.6 is 11.3 Å². The van der Waals surface area contributed by atoms with E-state index in [2.05, 4.69) is 4.98 Å². The highest BCUT2D eigenvalue weighted by Crippen LogP contribution is 2.23. The van der Waals surface area contributed by atoms with Crippen molar-refractivity contribution in [2.45, 2.75) is 45.2 Å². The van der Waals surface area contributed by atoms with Gasteiger partial charge in [0.05, 0.1) is 11.2 Å². The van der Waals surface area contributed by atoms with Crippen LogP contribution in [0, 0.1) is 6.92 Å². The highest BCUT2D eigenvalue weighted by Gasteiger charge is 2.30. The van der Waals surface area contributed by atoms with Crippen LogP contribution in [0.4, 0.5) is 0 Å². The zero-order chi connectivity index (χ0) is 12.4. The third kappa shape index (κ3) is 2.66. The molecule has 0 saturated carbocycles. The van der Waals surface area contributed by atoms with Crippen molar-refractivity contribution in [1.29, 1.82) is 0 Å². The summed E-state index contributed by atoms with van der Waals surface area (Å²) in [4.78, 5) is 19.2. The van der Waals surface area contributed by atoms with Gasteiger partial charge in [-0.1, -0.05) is 0 Å². The lowest BCUT2D eigenvalue weighted by atomic mass is 9.97. The van der Waals surface area contributed by atoms with Gasteiger partial charge in [0.25, 0.3) is 5.91 Å². The van der Waals surface area contributed by atoms with E-state index in [4.69, 9.17) is 5.73 Å². The van der Waals surface area contributed by atoms with Gasteiger partial charge in [-0.2, -0.15) is 0 Å². The summed E-state index contributed by atoms with van der Waals surface area (Å²) in [6, 6.07) is 0.215. The van der Waals surface area contributed by atoms with Gasteiger partial charge in [0, 0.05) is 18.6 Å². The summed E-state index contributed by atoms with van der Waals surface area (Å²) in [6.07, 6.45) is 4.93. The summed E-state index contributed by atoms with van der Waals surface area (Å²) >= 11 is 1.46. The fourth-order valence-corrected chi connectivity index (χ4v) is 3.09. The maximum absolute atomic E-state index is 12.4. The van der Waals surface area contributed by atoms with Crippen molar-refractivity contribution >= 4 is 17.2 Å². The number of aromatic nitrogens is 1. The average Bonchev–Trinajstić information content (AvgIpc) is 2.75. The smallest absolute Gasteiger partial charge is 0.265 e. The molecule has 4 nitrogen and oxygen atoms in total. The van der Waals surface area contributed by atoms with Crippen LogP contribution in [0.25, 0.3) is 0 Å². The summed E-state index contributed by atoms with van der Waals surface area (Å²) in [6.45, 7) is 4.72. The molecule has 0 bridgehead atoms. The molecule has 94 valence electrons. The number of amides is 1. The topological polar surface area (TPSA) is 59.2 Å². The zero-order valence-electron chi connectivity index (χ0n) is 10.3. The molecule has 0 aromatic carbocycles. The Bertz CT molecular complexity index is 402. The molecule has 17 heavy (non-hydrogen) atoms. The molecule has 0 spiro atoms. The molecule has 1 amide bonds. The maximum Gasteiger partial charge on any atom is 0.265 e. The fourth-order valence-electron chi connectivity index (χ4n) is 2.36. The molecule has 5 heteroatoms. The first-order valence-corrected chi connectivity index (χ1v) is 6.90. The van der Waals surface area contributed by atoms with E-state index in [-0.39, 0.29) is 18.0 Å². The monoisotopic (exact) mass is 253 g/mol. The molecule has 2 rings (SSSR count). The van der Waals surface area contributed by atoms with E-state index in [0.717, 1.165) is 35.7 Å². The van der Waals surface area contributed by atoms with Crippen molar-refractivity contribution in [3.05, 3.63) is 16.1 Å². The molecular weight excluding hydrogens is 234 g/mol. The van der Waals surface area contributed by atoms with Gasteiger partial charge in [0.1, 0.15) is 4.88 Å². The van der Waals surface area contributed by atoms with Gasteiger partial charge >= 0.3 is 0 Å². The van der Waals surface area contributed by atoms with E-state index < -0.39 is 0 Å². The molecular formula is C12H19N3OS. The normalized spacial score (nSPS) is 22.5. The number of carbonyl (C=O) groups is 1. The SMILES string of the molecule is Cc1ncc(C(=O)N2CCCCC2C(C)N)s1. The molecule has 1 aromatic rings. The van der Waals surface area contributed by atoms with Gasteiger partial charge in [-0.25, -0.2) is 4.98 Å². The van der Waals surface area contributed by atoms with Crippen molar-refractivity contribution in [2.75, 3.05) is 6.54 Å². The Labute approximate surface area is 106 Å². The van der Waals surface area contributed by atoms with Crippen molar-refractivity contribution < 1.29 is 4.79 Å². The Morgan fingerprint density at radius 1 is 1.65 bits per heavy atom. The minimum atomic E-state index is 0.0354. The number of nitrogens with two attached hydrogens (primary N) is 1. The number of nitrogens with zero attached hydrogens (tertiary/aromatic N) is 2. The lowest BCUT2D eigenvalue weighted by molar-refractivity contribution is 0.0588. The third-order valence-corrected chi connectivity index (χ3v) is 4.15. The van der Waals surface area contributed by atoms with Crippen LogP contribution in [-0.2, 0) is 0 Å². The standard InChI is InChI=1S/C12H19N3OS/c1-8(13)10-5-3-4-6-15(10)12(16)11-7-14-9(2)17-11/h7-8,10H,3-6,13H2,1-2H3. The number of likely N-dealkylation sites (tertiary alicyclic amines) is 1. The van der Waals surface area contributed by atoms with Crippen LogP contribution < -0.4 is 5.73 Å². The van der Waals surface area contributed by atoms with Gasteiger partial charge < -0.3 is 10.6 Å². The van der Waals surface area contributed by atoms with Gasteiger partial charge in [0.15, 0.2) is 0 Å². The van der Waals surface area contributed by atoms with Crippen molar-refractivity contribution in [3.63, 3.8) is 0 Å². The first-order valence-electron chi connectivity index (χ1n) is 6.08. The van der Waals surface area contributed by atoms with Crippen LogP contribution in [0.15, 0.2) is 6.20 Å². The Morgan fingerprint density at radius 2 is 2.41 bits per heavy atom. The molecule has 1 aromatic heterocycles. The number of rotatable bonds is 2. The predicted octanol–water partition coefficient (Wildman–Crippen LogP) is 1.79. The van der Waals surface area contributed by atoms with Crippen molar-refractivity contribution in [3.8, 4) is 0 Å². The summed E-state index contributed by atoms with van der Waals surface area (Å²) in [7, 11) is 0. The molecule has 2 unspecified atom stereocenters. The number of piperidine rings is 1. The number of aryl methyl sites for hydroxylation is 1. The maximum atomic E-state index is 12.4. The highest BCUT2D eigenvalue weighted by atomic mass is 32.1. The van der Waals surface area contributed by atoms with E-state index in [1.807, 2.05) is 18.7 Å². The first kappa shape index (κ1) is 12.5. The molecule has 0 aliphatic carbocycles. The second-order valence-corrected chi connectivity index (χ2v) is 5.90. The van der Waals surface area contributed by atoms with E-state index in [0.29, 0.717) is 0 Å². The van der Waals surface area contributed by atoms with E-state index in [1.54, 1.807) is 6.20 Å². The average molecular weight is 253 g/mol. The van der Waals surface area contributed by atoms with Crippen LogP contribution in [0.5, 0.6) is 0 Å². The molecule has 1 fully saturated rings. The quantitative estimate of drug-likeness (QED) is 0.874. The zero-order valence-corrected chi connectivity index (χ0v) is 11.2. The minimum Gasteiger partial charge on any atom is -0.333 e. The number of hydrogen-bond acceptors (Lipinski definition) is 4. The predicted molar refractivity (Wildman–Crippen MR) is 69.2 cm³/mol. The Balaban J connectivity index is 2.16. The Morgan fingerprint density at radius 3 is 3.00 bits per heavy atom. The van der Waals surface area contributed by atoms with Crippen molar-refractivity contribution in [2.24, 2.45) is 5.73 Å². The summed E-state index contributed by atoms with van der Waals surface area (Å²) < 4.78 is 0. The van der Waals surface area contributed by atoms with E-state index in [1.165, 1.54) is 11.3 Å². The summed E-state index contributed by atoms with van der Waals surface area (Å²) in [5.74, 6) is 0.0950. The minimum absolute atomic E-state index is 0.0354. The molecule has 2 atom stereocenters. The van der Waals surface area contributed by atoms with E-state index >= 15 is 0 Å². The van der Waals surface area contributed by atoms with Crippen LogP contribution in [0.2, 0.25) is 0 Å². The Hall–Kier alpha value is -0.940. The van der Waals surface area contributed by atoms with Crippen molar-refractivity contribution in [1.82, 2.24) is 9.88 Å². The number of thiazole rings is 1. The largest absolute Gasteiger partial charge is 0.333 e. The van der Waals surface area contributed by atoms with E-state index in [9.17, 15) is 4.79 Å².